The van der Waals surface area contributed by atoms with Crippen molar-refractivity contribution in [3.63, 3.8) is 0 Å². The minimum Gasteiger partial charge on any atom is -0.326 e. The van der Waals surface area contributed by atoms with E-state index in [4.69, 9.17) is 0 Å². The summed E-state index contributed by atoms with van der Waals surface area (Å²) in [5.74, 6) is -0.266. The van der Waals surface area contributed by atoms with Crippen molar-refractivity contribution in [2.45, 2.75) is 44.7 Å². The molecular formula is C25H24F4N2O. The van der Waals surface area contributed by atoms with Crippen molar-refractivity contribution in [3.8, 4) is 0 Å². The zero-order chi connectivity index (χ0) is 22.9. The van der Waals surface area contributed by atoms with Crippen LogP contribution in [0.25, 0.3) is 10.9 Å². The fourth-order valence-electron chi connectivity index (χ4n) is 4.64. The van der Waals surface area contributed by atoms with Gasteiger partial charge in [0.15, 0.2) is 0 Å². The lowest BCUT2D eigenvalue weighted by molar-refractivity contribution is -0.137. The van der Waals surface area contributed by atoms with Crippen molar-refractivity contribution >= 4 is 22.5 Å². The number of hydrogen-bond donors (Lipinski definition) is 1. The molecule has 1 heterocycles. The van der Waals surface area contributed by atoms with Crippen molar-refractivity contribution in [1.29, 1.82) is 0 Å². The second-order valence-electron chi connectivity index (χ2n) is 8.53. The van der Waals surface area contributed by atoms with E-state index in [0.29, 0.717) is 5.69 Å². The van der Waals surface area contributed by atoms with Gasteiger partial charge in [-0.2, -0.15) is 13.2 Å². The summed E-state index contributed by atoms with van der Waals surface area (Å²) in [5.41, 5.74) is 1.48. The van der Waals surface area contributed by atoms with Crippen LogP contribution in [0, 0.1) is 17.7 Å². The molecule has 0 radical (unpaired) electrons. The van der Waals surface area contributed by atoms with E-state index in [9.17, 15) is 22.4 Å². The molecule has 2 aromatic carbocycles. The van der Waals surface area contributed by atoms with E-state index in [1.807, 2.05) is 13.0 Å². The summed E-state index contributed by atoms with van der Waals surface area (Å²) >= 11 is 0. The molecule has 1 aliphatic rings. The highest BCUT2D eigenvalue weighted by molar-refractivity contribution is 5.92. The summed E-state index contributed by atoms with van der Waals surface area (Å²) < 4.78 is 51.9. The number of fused-ring (bicyclic) bond motifs is 1. The fraction of sp³-hybridized carbons (Fsp3) is 0.360. The summed E-state index contributed by atoms with van der Waals surface area (Å²) in [6.07, 6.45) is 0.829. The van der Waals surface area contributed by atoms with Gasteiger partial charge in [0.1, 0.15) is 5.82 Å². The van der Waals surface area contributed by atoms with Crippen LogP contribution in [0.5, 0.6) is 0 Å². The standard InChI is InChI=1S/C25H24F4N2O/c1-15(24(32)31-20-9-6-18(7-10-20)25(27,28)29)16-2-4-17(5-3-16)21-12-13-30-23-11-8-19(26)14-22(21)23/h6-17H,2-5H2,1H3,(H,31,32)/t15-,16-,17+/m1/s1. The Bertz CT molecular complexity index is 1100. The first-order valence-corrected chi connectivity index (χ1v) is 10.7. The van der Waals surface area contributed by atoms with Crippen molar-refractivity contribution < 1.29 is 22.4 Å². The monoisotopic (exact) mass is 444 g/mol. The molecule has 3 nitrogen and oxygen atoms in total. The van der Waals surface area contributed by atoms with Gasteiger partial charge in [0.05, 0.1) is 11.1 Å². The molecule has 3 aromatic rings. The fourth-order valence-corrected chi connectivity index (χ4v) is 4.64. The summed E-state index contributed by atoms with van der Waals surface area (Å²) in [6.45, 7) is 1.86. The third-order valence-electron chi connectivity index (χ3n) is 6.55. The topological polar surface area (TPSA) is 42.0 Å². The highest BCUT2D eigenvalue weighted by Gasteiger charge is 2.32. The minimum absolute atomic E-state index is 0.186. The maximum Gasteiger partial charge on any atom is 0.416 e. The van der Waals surface area contributed by atoms with Crippen LogP contribution in [0.4, 0.5) is 23.2 Å². The van der Waals surface area contributed by atoms with Gasteiger partial charge in [0.2, 0.25) is 5.91 Å². The first kappa shape index (κ1) is 22.2. The Morgan fingerprint density at radius 1 is 1.03 bits per heavy atom. The number of benzene rings is 2. The Hall–Kier alpha value is -2.96. The average Bonchev–Trinajstić information content (AvgIpc) is 2.78. The maximum absolute atomic E-state index is 13.8. The van der Waals surface area contributed by atoms with Gasteiger partial charge in [-0.25, -0.2) is 4.39 Å². The van der Waals surface area contributed by atoms with E-state index < -0.39 is 11.7 Å². The van der Waals surface area contributed by atoms with Gasteiger partial charge in [-0.1, -0.05) is 6.92 Å². The number of nitrogens with zero attached hydrogens (tertiary/aromatic N) is 1. The molecule has 1 N–H and O–H groups in total. The summed E-state index contributed by atoms with van der Waals surface area (Å²) in [6, 6.07) is 11.1. The van der Waals surface area contributed by atoms with Gasteiger partial charge in [-0.3, -0.25) is 9.78 Å². The van der Waals surface area contributed by atoms with Crippen LogP contribution >= 0.6 is 0 Å². The zero-order valence-electron chi connectivity index (χ0n) is 17.6. The van der Waals surface area contributed by atoms with E-state index in [2.05, 4.69) is 10.3 Å². The Kier molecular flexibility index (Phi) is 6.17. The van der Waals surface area contributed by atoms with Crippen molar-refractivity contribution in [1.82, 2.24) is 4.98 Å². The van der Waals surface area contributed by atoms with Crippen LogP contribution in [0.1, 0.15) is 49.7 Å². The number of anilines is 1. The number of pyridine rings is 1. The lowest BCUT2D eigenvalue weighted by Crippen LogP contribution is -2.29. The molecule has 32 heavy (non-hydrogen) atoms. The SMILES string of the molecule is C[C@@H](C(=O)Nc1ccc(C(F)(F)F)cc1)[C@H]1CC[C@@H](c2ccnc3ccc(F)cc32)CC1. The highest BCUT2D eigenvalue weighted by Crippen LogP contribution is 2.41. The van der Waals surface area contributed by atoms with Crippen LogP contribution in [0.3, 0.4) is 0 Å². The summed E-state index contributed by atoms with van der Waals surface area (Å²) in [7, 11) is 0. The predicted octanol–water partition coefficient (Wildman–Crippen LogP) is 6.94. The number of aromatic nitrogens is 1. The predicted molar refractivity (Wildman–Crippen MR) is 116 cm³/mol. The first-order valence-electron chi connectivity index (χ1n) is 10.7. The van der Waals surface area contributed by atoms with Crippen molar-refractivity contribution in [3.05, 3.63) is 71.7 Å². The molecule has 168 valence electrons. The number of hydrogen-bond acceptors (Lipinski definition) is 2. The highest BCUT2D eigenvalue weighted by atomic mass is 19.4. The van der Waals surface area contributed by atoms with E-state index in [-0.39, 0.29) is 29.5 Å². The van der Waals surface area contributed by atoms with Crippen LogP contribution in [-0.4, -0.2) is 10.9 Å². The van der Waals surface area contributed by atoms with Gasteiger partial charge < -0.3 is 5.32 Å². The Morgan fingerprint density at radius 2 is 1.72 bits per heavy atom. The molecule has 0 bridgehead atoms. The number of nitrogens with one attached hydrogen (secondary N) is 1. The molecule has 1 atom stereocenters. The molecule has 1 aromatic heterocycles. The van der Waals surface area contributed by atoms with E-state index in [1.54, 1.807) is 12.3 Å². The molecule has 0 spiro atoms. The average molecular weight is 444 g/mol. The number of amides is 1. The van der Waals surface area contributed by atoms with E-state index >= 15 is 0 Å². The van der Waals surface area contributed by atoms with Crippen LogP contribution in [0.15, 0.2) is 54.7 Å². The van der Waals surface area contributed by atoms with E-state index in [1.165, 1.54) is 24.3 Å². The Labute approximate surface area is 183 Å². The number of rotatable bonds is 4. The lowest BCUT2D eigenvalue weighted by atomic mass is 9.73. The molecule has 1 fully saturated rings. The number of halogens is 4. The largest absolute Gasteiger partial charge is 0.416 e. The van der Waals surface area contributed by atoms with Crippen molar-refractivity contribution in [2.75, 3.05) is 5.32 Å². The van der Waals surface area contributed by atoms with Crippen LogP contribution < -0.4 is 5.32 Å². The zero-order valence-corrected chi connectivity index (χ0v) is 17.6. The van der Waals surface area contributed by atoms with Gasteiger partial charge in [0.25, 0.3) is 0 Å². The van der Waals surface area contributed by atoms with Gasteiger partial charge in [0, 0.05) is 23.2 Å². The molecular weight excluding hydrogens is 420 g/mol. The Balaban J connectivity index is 1.38. The molecule has 1 amide bonds. The third kappa shape index (κ3) is 4.76. The second-order valence-corrected chi connectivity index (χ2v) is 8.53. The number of carbonyl (C=O) groups is 1. The van der Waals surface area contributed by atoms with Crippen molar-refractivity contribution in [2.24, 2.45) is 11.8 Å². The molecule has 0 saturated heterocycles. The quantitative estimate of drug-likeness (QED) is 0.443. The molecule has 0 unspecified atom stereocenters. The summed E-state index contributed by atoms with van der Waals surface area (Å²) in [5, 5.41) is 3.57. The van der Waals surface area contributed by atoms with Gasteiger partial charge in [-0.15, -0.1) is 0 Å². The molecule has 0 aliphatic heterocycles. The molecule has 1 aliphatic carbocycles. The smallest absolute Gasteiger partial charge is 0.326 e. The van der Waals surface area contributed by atoms with Crippen LogP contribution in [-0.2, 0) is 11.0 Å². The Morgan fingerprint density at radius 3 is 2.38 bits per heavy atom. The first-order chi connectivity index (χ1) is 15.2. The maximum atomic E-state index is 13.8. The normalized spacial score (nSPS) is 20.2. The number of carbonyl (C=O) groups excluding carboxylic acids is 1. The third-order valence-corrected chi connectivity index (χ3v) is 6.55. The molecule has 1 saturated carbocycles. The second kappa shape index (κ2) is 8.88. The van der Waals surface area contributed by atoms with Crippen LogP contribution in [0.2, 0.25) is 0 Å². The summed E-state index contributed by atoms with van der Waals surface area (Å²) in [4.78, 5) is 17.0. The lowest BCUT2D eigenvalue weighted by Gasteiger charge is -2.32. The minimum atomic E-state index is -4.40. The van der Waals surface area contributed by atoms with Gasteiger partial charge in [-0.05, 0) is 91.6 Å². The van der Waals surface area contributed by atoms with Gasteiger partial charge >= 0.3 is 6.18 Å². The van der Waals surface area contributed by atoms with E-state index in [0.717, 1.165) is 54.3 Å². The molecule has 4 rings (SSSR count). The molecule has 7 heteroatoms. The number of alkyl halides is 3.